The molecule has 0 saturated heterocycles. The van der Waals surface area contributed by atoms with Gasteiger partial charge in [-0.2, -0.15) is 0 Å². The molecule has 0 aliphatic carbocycles. The third-order valence-corrected chi connectivity index (χ3v) is 9.69. The summed E-state index contributed by atoms with van der Waals surface area (Å²) in [4.78, 5) is 22.4. The maximum Gasteiger partial charge on any atom is 0.472 e. The minimum atomic E-state index is -4.32. The summed E-state index contributed by atoms with van der Waals surface area (Å²) < 4.78 is 33.0. The van der Waals surface area contributed by atoms with Crippen LogP contribution in [0.1, 0.15) is 174 Å². The lowest BCUT2D eigenvalue weighted by Crippen LogP contribution is -2.27. The van der Waals surface area contributed by atoms with E-state index in [9.17, 15) is 14.3 Å². The first-order valence-corrected chi connectivity index (χ1v) is 23.0. The highest BCUT2D eigenvalue weighted by Crippen LogP contribution is 2.43. The Morgan fingerprint density at radius 2 is 1.00 bits per heavy atom. The van der Waals surface area contributed by atoms with E-state index in [-0.39, 0.29) is 32.8 Å². The molecule has 0 aliphatic heterocycles. The predicted octanol–water partition coefficient (Wildman–Crippen LogP) is 13.1. The van der Waals surface area contributed by atoms with E-state index < -0.39 is 19.9 Å². The maximum atomic E-state index is 12.5. The van der Waals surface area contributed by atoms with Crippen molar-refractivity contribution in [3.05, 3.63) is 73.1 Å². The Bertz CT molecular complexity index is 1050. The number of esters is 1. The summed E-state index contributed by atoms with van der Waals surface area (Å²) in [6.07, 6.45) is 53.2. The number of ether oxygens (including phenoxy) is 2. The lowest BCUT2D eigenvalue weighted by molar-refractivity contribution is -0.153. The maximum absolute atomic E-state index is 12.5. The number of unbranched alkanes of at least 4 members (excludes halogenated alkanes) is 17. The van der Waals surface area contributed by atoms with Gasteiger partial charge in [-0.15, -0.1) is 0 Å². The molecule has 0 aliphatic rings. The Hall–Kier alpha value is -2.22. The molecule has 9 heteroatoms. The number of rotatable bonds is 40. The highest BCUT2D eigenvalue weighted by Gasteiger charge is 2.25. The molecule has 0 heterocycles. The van der Waals surface area contributed by atoms with Crippen LogP contribution < -0.4 is 5.73 Å². The smallest absolute Gasteiger partial charge is 0.472 e. The van der Waals surface area contributed by atoms with Crippen LogP contribution in [-0.4, -0.2) is 43.3 Å². The third-order valence-electron chi connectivity index (χ3n) is 8.70. The molecule has 2 atom stereocenters. The molecular formula is C45H80NO7P. The molecule has 54 heavy (non-hydrogen) atoms. The molecule has 0 aromatic heterocycles. The molecule has 8 nitrogen and oxygen atoms in total. The second kappa shape index (κ2) is 41.9. The average Bonchev–Trinajstić information content (AvgIpc) is 3.16. The zero-order valence-corrected chi connectivity index (χ0v) is 35.3. The van der Waals surface area contributed by atoms with Gasteiger partial charge in [-0.1, -0.05) is 171 Å². The van der Waals surface area contributed by atoms with Gasteiger partial charge in [0.15, 0.2) is 6.10 Å². The predicted molar refractivity (Wildman–Crippen MR) is 228 cm³/mol. The van der Waals surface area contributed by atoms with Gasteiger partial charge in [0, 0.05) is 13.0 Å². The second-order valence-corrected chi connectivity index (χ2v) is 15.4. The van der Waals surface area contributed by atoms with Gasteiger partial charge >= 0.3 is 13.8 Å². The zero-order valence-electron chi connectivity index (χ0n) is 34.4. The second-order valence-electron chi connectivity index (χ2n) is 13.9. The van der Waals surface area contributed by atoms with Gasteiger partial charge in [0.05, 0.1) is 19.5 Å². The largest absolute Gasteiger partial charge is 0.498 e. The number of phosphoric acid groups is 1. The fraction of sp³-hybridized carbons (Fsp3) is 0.711. The first-order chi connectivity index (χ1) is 26.4. The van der Waals surface area contributed by atoms with Gasteiger partial charge < -0.3 is 20.1 Å². The highest BCUT2D eigenvalue weighted by atomic mass is 31.2. The Balaban J connectivity index is 4.27. The number of nitrogens with two attached hydrogens (primary N) is 1. The van der Waals surface area contributed by atoms with Crippen molar-refractivity contribution in [1.82, 2.24) is 0 Å². The molecule has 0 radical (unpaired) electrons. The van der Waals surface area contributed by atoms with E-state index in [4.69, 9.17) is 24.3 Å². The molecule has 0 fully saturated rings. The van der Waals surface area contributed by atoms with Gasteiger partial charge in [0.25, 0.3) is 0 Å². The van der Waals surface area contributed by atoms with E-state index >= 15 is 0 Å². The van der Waals surface area contributed by atoms with Crippen molar-refractivity contribution in [1.29, 1.82) is 0 Å². The molecule has 0 aromatic carbocycles. The molecule has 0 amide bonds. The van der Waals surface area contributed by atoms with Crippen LogP contribution in [0.25, 0.3) is 0 Å². The summed E-state index contributed by atoms with van der Waals surface area (Å²) in [6, 6.07) is 0. The summed E-state index contributed by atoms with van der Waals surface area (Å²) in [5, 5.41) is 0. The highest BCUT2D eigenvalue weighted by molar-refractivity contribution is 7.47. The summed E-state index contributed by atoms with van der Waals surface area (Å²) in [5.41, 5.74) is 5.35. The number of hydrogen-bond acceptors (Lipinski definition) is 7. The van der Waals surface area contributed by atoms with Crippen LogP contribution in [0.15, 0.2) is 73.1 Å². The first kappa shape index (κ1) is 51.8. The Morgan fingerprint density at radius 3 is 1.48 bits per heavy atom. The average molecular weight is 778 g/mol. The van der Waals surface area contributed by atoms with Crippen LogP contribution >= 0.6 is 7.82 Å². The van der Waals surface area contributed by atoms with Crippen LogP contribution in [0.2, 0.25) is 0 Å². The standard InChI is InChI=1S/C45H80NO7P/c1-3-5-7-9-11-13-15-17-19-21-22-23-24-26-28-30-32-34-36-38-45(47)53-44(43-52-54(48,49)51-41-39-46)42-50-40-37-35-33-31-29-27-25-20-18-16-14-12-10-8-6-4-2/h17,19,22-23,26,28,31-34,37,40,44H,3-16,18,20-21,24-25,27,29-30,35-36,38-39,41-43,46H2,1-2H3,(H,48,49). The molecule has 0 aromatic rings. The van der Waals surface area contributed by atoms with E-state index in [1.807, 2.05) is 18.2 Å². The van der Waals surface area contributed by atoms with Crippen molar-refractivity contribution in [2.75, 3.05) is 26.4 Å². The number of hydrogen-bond donors (Lipinski definition) is 2. The van der Waals surface area contributed by atoms with Gasteiger partial charge in [-0.3, -0.25) is 13.8 Å². The van der Waals surface area contributed by atoms with E-state index in [1.54, 1.807) is 6.26 Å². The lowest BCUT2D eigenvalue weighted by atomic mass is 10.1. The fourth-order valence-electron chi connectivity index (χ4n) is 5.54. The van der Waals surface area contributed by atoms with E-state index in [2.05, 4.69) is 62.5 Å². The molecule has 0 spiro atoms. The van der Waals surface area contributed by atoms with E-state index in [0.717, 1.165) is 32.1 Å². The fourth-order valence-corrected chi connectivity index (χ4v) is 6.31. The van der Waals surface area contributed by atoms with Crippen LogP contribution in [0.3, 0.4) is 0 Å². The quantitative estimate of drug-likeness (QED) is 0.0208. The third kappa shape index (κ3) is 41.0. The van der Waals surface area contributed by atoms with E-state index in [0.29, 0.717) is 6.42 Å². The summed E-state index contributed by atoms with van der Waals surface area (Å²) >= 11 is 0. The summed E-state index contributed by atoms with van der Waals surface area (Å²) in [6.45, 7) is 4.10. The van der Waals surface area contributed by atoms with Crippen molar-refractivity contribution in [2.24, 2.45) is 5.73 Å². The molecule has 2 unspecified atom stereocenters. The summed E-state index contributed by atoms with van der Waals surface area (Å²) in [5.74, 6) is -0.441. The lowest BCUT2D eigenvalue weighted by Gasteiger charge is -2.19. The van der Waals surface area contributed by atoms with Crippen LogP contribution in [0.4, 0.5) is 0 Å². The monoisotopic (exact) mass is 778 g/mol. The minimum absolute atomic E-state index is 0.0217. The zero-order chi connectivity index (χ0) is 39.5. The van der Waals surface area contributed by atoms with Crippen LogP contribution in [0, 0.1) is 0 Å². The topological polar surface area (TPSA) is 117 Å². The number of allylic oxidation sites excluding steroid dienone is 11. The molecular weight excluding hydrogens is 697 g/mol. The molecule has 0 bridgehead atoms. The van der Waals surface area contributed by atoms with Crippen molar-refractivity contribution in [3.63, 3.8) is 0 Å². The summed E-state index contributed by atoms with van der Waals surface area (Å²) in [7, 11) is -4.32. The van der Waals surface area contributed by atoms with E-state index in [1.165, 1.54) is 116 Å². The van der Waals surface area contributed by atoms with Crippen molar-refractivity contribution in [3.8, 4) is 0 Å². The molecule has 0 rings (SSSR count). The van der Waals surface area contributed by atoms with Gasteiger partial charge in [0.1, 0.15) is 6.61 Å². The Labute approximate surface area is 331 Å². The number of carbonyl (C=O) groups excluding carboxylic acids is 1. The number of carbonyl (C=O) groups is 1. The molecule has 0 saturated carbocycles. The van der Waals surface area contributed by atoms with Crippen molar-refractivity contribution < 1.29 is 32.8 Å². The number of phosphoric ester groups is 1. The first-order valence-electron chi connectivity index (χ1n) is 21.5. The molecule has 312 valence electrons. The Morgan fingerprint density at radius 1 is 0.574 bits per heavy atom. The minimum Gasteiger partial charge on any atom is -0.498 e. The van der Waals surface area contributed by atoms with Gasteiger partial charge in [0.2, 0.25) is 0 Å². The normalized spacial score (nSPS) is 14.1. The van der Waals surface area contributed by atoms with Crippen LogP contribution in [0.5, 0.6) is 0 Å². The molecule has 3 N–H and O–H groups in total. The SMILES string of the molecule is CCCCCCCCC=CCC=CCC=CCC=CCCC(=O)OC(COC=CCC=CCCCCCCCCCCCCC)COP(=O)(O)OCCN. The van der Waals surface area contributed by atoms with Gasteiger partial charge in [-0.25, -0.2) is 4.57 Å². The van der Waals surface area contributed by atoms with Crippen molar-refractivity contribution in [2.45, 2.75) is 180 Å². The van der Waals surface area contributed by atoms with Crippen LogP contribution in [-0.2, 0) is 27.9 Å². The Kier molecular flexibility index (Phi) is 40.2. The van der Waals surface area contributed by atoms with Crippen molar-refractivity contribution >= 4 is 13.8 Å². The van der Waals surface area contributed by atoms with Gasteiger partial charge in [-0.05, 0) is 63.9 Å².